The Bertz CT molecular complexity index is 465. The van der Waals surface area contributed by atoms with Gasteiger partial charge in [0, 0.05) is 13.1 Å². The second-order valence-corrected chi connectivity index (χ2v) is 5.40. The highest BCUT2D eigenvalue weighted by atomic mass is 16.2. The standard InChI is InChI=1S/C16H22N2O/c1-12(2)15(17)16(19)18-10-8-14(9-11-18)13-6-4-3-5-7-13/h3-8,12,15H,9-11,17H2,1-2H3/t15-/m1/s1. The number of amides is 1. The minimum atomic E-state index is -0.383. The van der Waals surface area contributed by atoms with Crippen LogP contribution in [0.2, 0.25) is 0 Å². The third-order valence-corrected chi connectivity index (χ3v) is 3.67. The molecule has 0 fully saturated rings. The second-order valence-electron chi connectivity index (χ2n) is 5.40. The molecule has 0 saturated carbocycles. The molecule has 1 aromatic carbocycles. The van der Waals surface area contributed by atoms with Gasteiger partial charge in [0.15, 0.2) is 0 Å². The van der Waals surface area contributed by atoms with Gasteiger partial charge in [-0.1, -0.05) is 50.3 Å². The first kappa shape index (κ1) is 13.8. The summed E-state index contributed by atoms with van der Waals surface area (Å²) in [4.78, 5) is 14.0. The summed E-state index contributed by atoms with van der Waals surface area (Å²) in [6.07, 6.45) is 3.05. The van der Waals surface area contributed by atoms with E-state index < -0.39 is 0 Å². The van der Waals surface area contributed by atoms with Gasteiger partial charge in [-0.2, -0.15) is 0 Å². The van der Waals surface area contributed by atoms with Crippen LogP contribution in [0.15, 0.2) is 36.4 Å². The van der Waals surface area contributed by atoms with Crippen LogP contribution < -0.4 is 5.73 Å². The molecule has 0 aromatic heterocycles. The van der Waals surface area contributed by atoms with Crippen LogP contribution in [-0.2, 0) is 4.79 Å². The number of nitrogens with zero attached hydrogens (tertiary/aromatic N) is 1. The average Bonchev–Trinajstić information content (AvgIpc) is 2.46. The minimum Gasteiger partial charge on any atom is -0.337 e. The third-order valence-electron chi connectivity index (χ3n) is 3.67. The second kappa shape index (κ2) is 6.02. The molecule has 1 aliphatic rings. The van der Waals surface area contributed by atoms with Gasteiger partial charge in [-0.25, -0.2) is 0 Å². The predicted octanol–water partition coefficient (Wildman–Crippen LogP) is 2.29. The molecular formula is C16H22N2O. The molecule has 1 heterocycles. The van der Waals surface area contributed by atoms with Crippen LogP contribution in [0.5, 0.6) is 0 Å². The topological polar surface area (TPSA) is 46.3 Å². The smallest absolute Gasteiger partial charge is 0.240 e. The lowest BCUT2D eigenvalue weighted by molar-refractivity contribution is -0.133. The van der Waals surface area contributed by atoms with Crippen LogP contribution in [0.25, 0.3) is 5.57 Å². The van der Waals surface area contributed by atoms with Crippen molar-refractivity contribution in [1.29, 1.82) is 0 Å². The number of hydrogen-bond acceptors (Lipinski definition) is 2. The lowest BCUT2D eigenvalue weighted by Crippen LogP contribution is -2.47. The molecule has 0 unspecified atom stereocenters. The molecule has 0 bridgehead atoms. The van der Waals surface area contributed by atoms with Crippen LogP contribution in [0.1, 0.15) is 25.8 Å². The van der Waals surface area contributed by atoms with E-state index in [1.807, 2.05) is 36.9 Å². The summed E-state index contributed by atoms with van der Waals surface area (Å²) in [7, 11) is 0. The van der Waals surface area contributed by atoms with Gasteiger partial charge in [-0.05, 0) is 23.5 Å². The molecule has 2 N–H and O–H groups in total. The number of hydrogen-bond donors (Lipinski definition) is 1. The van der Waals surface area contributed by atoms with Crippen LogP contribution >= 0.6 is 0 Å². The lowest BCUT2D eigenvalue weighted by atomic mass is 9.98. The van der Waals surface area contributed by atoms with E-state index >= 15 is 0 Å². The Kier molecular flexibility index (Phi) is 4.38. The van der Waals surface area contributed by atoms with E-state index in [4.69, 9.17) is 5.73 Å². The quantitative estimate of drug-likeness (QED) is 0.904. The van der Waals surface area contributed by atoms with E-state index in [0.717, 1.165) is 13.0 Å². The van der Waals surface area contributed by atoms with Crippen molar-refractivity contribution in [3.63, 3.8) is 0 Å². The minimum absolute atomic E-state index is 0.0679. The van der Waals surface area contributed by atoms with Gasteiger partial charge >= 0.3 is 0 Å². The van der Waals surface area contributed by atoms with Crippen molar-refractivity contribution in [2.75, 3.05) is 13.1 Å². The lowest BCUT2D eigenvalue weighted by Gasteiger charge is -2.30. The monoisotopic (exact) mass is 258 g/mol. The zero-order chi connectivity index (χ0) is 13.8. The molecule has 19 heavy (non-hydrogen) atoms. The van der Waals surface area contributed by atoms with Crippen molar-refractivity contribution in [3.05, 3.63) is 42.0 Å². The first-order valence-electron chi connectivity index (χ1n) is 6.88. The number of rotatable bonds is 3. The molecule has 1 aromatic rings. The summed E-state index contributed by atoms with van der Waals surface area (Å²) in [5, 5.41) is 0. The Morgan fingerprint density at radius 3 is 2.47 bits per heavy atom. The van der Waals surface area contributed by atoms with Crippen molar-refractivity contribution < 1.29 is 4.79 Å². The van der Waals surface area contributed by atoms with Gasteiger partial charge < -0.3 is 10.6 Å². The SMILES string of the molecule is CC(C)[C@@H](N)C(=O)N1CC=C(c2ccccc2)CC1. The first-order chi connectivity index (χ1) is 9.09. The van der Waals surface area contributed by atoms with Crippen LogP contribution in [0, 0.1) is 5.92 Å². The maximum absolute atomic E-state index is 12.2. The highest BCUT2D eigenvalue weighted by Gasteiger charge is 2.24. The van der Waals surface area contributed by atoms with Crippen molar-refractivity contribution in [2.45, 2.75) is 26.3 Å². The van der Waals surface area contributed by atoms with Crippen molar-refractivity contribution in [1.82, 2.24) is 4.90 Å². The number of nitrogens with two attached hydrogens (primary N) is 1. The number of carbonyl (C=O) groups excluding carboxylic acids is 1. The maximum Gasteiger partial charge on any atom is 0.240 e. The molecule has 102 valence electrons. The molecular weight excluding hydrogens is 236 g/mol. The van der Waals surface area contributed by atoms with Crippen LogP contribution in [0.3, 0.4) is 0 Å². The van der Waals surface area contributed by atoms with Crippen molar-refractivity contribution in [2.24, 2.45) is 11.7 Å². The first-order valence-corrected chi connectivity index (χ1v) is 6.88. The number of benzene rings is 1. The molecule has 1 atom stereocenters. The van der Waals surface area contributed by atoms with Gasteiger partial charge in [-0.3, -0.25) is 4.79 Å². The average molecular weight is 258 g/mol. The van der Waals surface area contributed by atoms with Gasteiger partial charge in [0.05, 0.1) is 6.04 Å². The predicted molar refractivity (Wildman–Crippen MR) is 78.4 cm³/mol. The molecule has 0 radical (unpaired) electrons. The molecule has 0 aliphatic carbocycles. The maximum atomic E-state index is 12.2. The molecule has 0 spiro atoms. The summed E-state index contributed by atoms with van der Waals surface area (Å²) < 4.78 is 0. The van der Waals surface area contributed by atoms with E-state index in [2.05, 4.69) is 18.2 Å². The van der Waals surface area contributed by atoms with E-state index in [1.54, 1.807) is 0 Å². The van der Waals surface area contributed by atoms with Gasteiger partial charge in [0.2, 0.25) is 5.91 Å². The zero-order valence-corrected chi connectivity index (χ0v) is 11.7. The summed E-state index contributed by atoms with van der Waals surface area (Å²) in [5.41, 5.74) is 8.50. The molecule has 0 saturated heterocycles. The van der Waals surface area contributed by atoms with Gasteiger partial charge in [0.1, 0.15) is 0 Å². The normalized spacial score (nSPS) is 17.3. The molecule has 1 amide bonds. The summed E-state index contributed by atoms with van der Waals surface area (Å²) >= 11 is 0. The fourth-order valence-corrected chi connectivity index (χ4v) is 2.28. The summed E-state index contributed by atoms with van der Waals surface area (Å²) in [6.45, 7) is 5.40. The summed E-state index contributed by atoms with van der Waals surface area (Å²) in [6, 6.07) is 9.95. The number of carbonyl (C=O) groups is 1. The molecule has 3 nitrogen and oxygen atoms in total. The Morgan fingerprint density at radius 2 is 1.95 bits per heavy atom. The fourth-order valence-electron chi connectivity index (χ4n) is 2.28. The molecule has 3 heteroatoms. The largest absolute Gasteiger partial charge is 0.337 e. The van der Waals surface area contributed by atoms with Crippen LogP contribution in [0.4, 0.5) is 0 Å². The highest BCUT2D eigenvalue weighted by Crippen LogP contribution is 2.22. The van der Waals surface area contributed by atoms with Gasteiger partial charge in [-0.15, -0.1) is 0 Å². The third kappa shape index (κ3) is 3.24. The van der Waals surface area contributed by atoms with E-state index in [9.17, 15) is 4.79 Å². The van der Waals surface area contributed by atoms with E-state index in [1.165, 1.54) is 11.1 Å². The molecule has 2 rings (SSSR count). The summed E-state index contributed by atoms with van der Waals surface area (Å²) in [5.74, 6) is 0.255. The van der Waals surface area contributed by atoms with Crippen LogP contribution in [-0.4, -0.2) is 29.9 Å². The van der Waals surface area contributed by atoms with Crippen molar-refractivity contribution >= 4 is 11.5 Å². The highest BCUT2D eigenvalue weighted by molar-refractivity contribution is 5.83. The Morgan fingerprint density at radius 1 is 1.26 bits per heavy atom. The Hall–Kier alpha value is -1.61. The fraction of sp³-hybridized carbons (Fsp3) is 0.438. The zero-order valence-electron chi connectivity index (χ0n) is 11.7. The van der Waals surface area contributed by atoms with Crippen molar-refractivity contribution in [3.8, 4) is 0 Å². The van der Waals surface area contributed by atoms with Gasteiger partial charge in [0.25, 0.3) is 0 Å². The molecule has 1 aliphatic heterocycles. The van der Waals surface area contributed by atoms with E-state index in [-0.39, 0.29) is 17.9 Å². The Balaban J connectivity index is 2.02. The van der Waals surface area contributed by atoms with E-state index in [0.29, 0.717) is 6.54 Å². The Labute approximate surface area is 115 Å².